The lowest BCUT2D eigenvalue weighted by Crippen LogP contribution is -2.50. The van der Waals surface area contributed by atoms with E-state index in [0.29, 0.717) is 5.91 Å². The summed E-state index contributed by atoms with van der Waals surface area (Å²) in [5.74, 6) is 1.73. The third-order valence-electron chi connectivity index (χ3n) is 6.72. The minimum Gasteiger partial charge on any atom is -0.345 e. The standard InChI is InChI=1S/C18H25N5O2/c24-16(12-2-1-3-12)21-14-15-19-11-20-23(15)9-7-18(14)6-8-22(10-18)17(25)13-4-5-13/h11-14H,1-10H2,(H,21,24)/t14-,18-/m1/s1. The van der Waals surface area contributed by atoms with E-state index < -0.39 is 0 Å². The zero-order chi connectivity index (χ0) is 17.0. The van der Waals surface area contributed by atoms with Crippen LogP contribution in [0.2, 0.25) is 0 Å². The number of carbonyl (C=O) groups excluding carboxylic acids is 2. The second-order valence-corrected chi connectivity index (χ2v) is 8.31. The molecule has 1 N–H and O–H groups in total. The first-order chi connectivity index (χ1) is 12.2. The number of carbonyl (C=O) groups is 2. The Bertz CT molecular complexity index is 708. The number of fused-ring (bicyclic) bond motifs is 1. The van der Waals surface area contributed by atoms with Crippen molar-refractivity contribution in [3.05, 3.63) is 12.2 Å². The Morgan fingerprint density at radius 1 is 1.12 bits per heavy atom. The molecule has 2 atom stereocenters. The molecule has 1 aromatic heterocycles. The molecular formula is C18H25N5O2. The van der Waals surface area contributed by atoms with Gasteiger partial charge in [-0.05, 0) is 38.5 Å². The van der Waals surface area contributed by atoms with E-state index in [2.05, 4.69) is 15.4 Å². The van der Waals surface area contributed by atoms with Gasteiger partial charge in [0.05, 0.1) is 6.04 Å². The second kappa shape index (κ2) is 5.54. The molecule has 2 amide bonds. The fraction of sp³-hybridized carbons (Fsp3) is 0.778. The van der Waals surface area contributed by atoms with E-state index in [9.17, 15) is 9.59 Å². The predicted octanol–water partition coefficient (Wildman–Crippen LogP) is 1.27. The Balaban J connectivity index is 1.41. The topological polar surface area (TPSA) is 80.1 Å². The molecule has 1 aromatic rings. The largest absolute Gasteiger partial charge is 0.345 e. The molecular weight excluding hydrogens is 318 g/mol. The highest BCUT2D eigenvalue weighted by Crippen LogP contribution is 2.48. The lowest BCUT2D eigenvalue weighted by atomic mass is 9.73. The van der Waals surface area contributed by atoms with E-state index in [0.717, 1.165) is 70.4 Å². The van der Waals surface area contributed by atoms with E-state index in [1.165, 1.54) is 0 Å². The summed E-state index contributed by atoms with van der Waals surface area (Å²) in [6, 6.07) is -0.131. The lowest BCUT2D eigenvalue weighted by Gasteiger charge is -2.41. The number of nitrogens with zero attached hydrogens (tertiary/aromatic N) is 4. The molecule has 2 saturated carbocycles. The van der Waals surface area contributed by atoms with Crippen molar-refractivity contribution in [3.8, 4) is 0 Å². The highest BCUT2D eigenvalue weighted by molar-refractivity contribution is 5.82. The summed E-state index contributed by atoms with van der Waals surface area (Å²) in [5.41, 5.74) is -0.0903. The zero-order valence-corrected chi connectivity index (χ0v) is 14.5. The maximum absolute atomic E-state index is 12.6. The fourth-order valence-corrected chi connectivity index (χ4v) is 4.68. The van der Waals surface area contributed by atoms with Crippen LogP contribution in [0.1, 0.15) is 56.8 Å². The third kappa shape index (κ3) is 2.47. The minimum absolute atomic E-state index is 0.0903. The van der Waals surface area contributed by atoms with Gasteiger partial charge in [0, 0.05) is 36.9 Å². The molecule has 3 heterocycles. The molecule has 1 spiro atoms. The molecule has 4 aliphatic rings. The summed E-state index contributed by atoms with van der Waals surface area (Å²) in [4.78, 5) is 31.7. The van der Waals surface area contributed by atoms with Crippen LogP contribution in [0.3, 0.4) is 0 Å². The summed E-state index contributed by atoms with van der Waals surface area (Å²) >= 11 is 0. The van der Waals surface area contributed by atoms with Crippen LogP contribution >= 0.6 is 0 Å². The van der Waals surface area contributed by atoms with Crippen molar-refractivity contribution in [3.63, 3.8) is 0 Å². The van der Waals surface area contributed by atoms with E-state index in [1.807, 2.05) is 9.58 Å². The minimum atomic E-state index is -0.131. The van der Waals surface area contributed by atoms with Gasteiger partial charge in [0.15, 0.2) is 0 Å². The highest BCUT2D eigenvalue weighted by atomic mass is 16.2. The van der Waals surface area contributed by atoms with Crippen molar-refractivity contribution in [1.29, 1.82) is 0 Å². The first-order valence-electron chi connectivity index (χ1n) is 9.63. The SMILES string of the molecule is O=C(N[C@@H]1c2ncnn2CC[C@@]12CCN(C(=O)C1CC1)C2)C1CCC1. The Hall–Kier alpha value is -1.92. The van der Waals surface area contributed by atoms with Gasteiger partial charge in [-0.2, -0.15) is 5.10 Å². The predicted molar refractivity (Wildman–Crippen MR) is 89.2 cm³/mol. The first-order valence-corrected chi connectivity index (χ1v) is 9.63. The molecule has 2 aliphatic carbocycles. The van der Waals surface area contributed by atoms with Crippen LogP contribution in [0.5, 0.6) is 0 Å². The zero-order valence-electron chi connectivity index (χ0n) is 14.5. The smallest absolute Gasteiger partial charge is 0.225 e. The van der Waals surface area contributed by atoms with Gasteiger partial charge in [0.25, 0.3) is 0 Å². The summed E-state index contributed by atoms with van der Waals surface area (Å²) in [6.07, 6.45) is 8.67. The molecule has 0 radical (unpaired) electrons. The first kappa shape index (κ1) is 15.3. The number of nitrogens with one attached hydrogen (secondary N) is 1. The summed E-state index contributed by atoms with van der Waals surface area (Å²) in [6.45, 7) is 2.36. The van der Waals surface area contributed by atoms with Gasteiger partial charge in [-0.1, -0.05) is 6.42 Å². The van der Waals surface area contributed by atoms with Gasteiger partial charge in [0.1, 0.15) is 12.2 Å². The monoisotopic (exact) mass is 343 g/mol. The maximum Gasteiger partial charge on any atom is 0.225 e. The molecule has 2 aliphatic heterocycles. The second-order valence-electron chi connectivity index (χ2n) is 8.31. The quantitative estimate of drug-likeness (QED) is 0.896. The number of hydrogen-bond donors (Lipinski definition) is 1. The Morgan fingerprint density at radius 2 is 1.92 bits per heavy atom. The maximum atomic E-state index is 12.6. The van der Waals surface area contributed by atoms with Gasteiger partial charge in [0.2, 0.25) is 11.8 Å². The molecule has 1 saturated heterocycles. The molecule has 0 bridgehead atoms. The average Bonchev–Trinajstić information content (AvgIpc) is 3.14. The Kier molecular flexibility index (Phi) is 3.40. The highest BCUT2D eigenvalue weighted by Gasteiger charge is 2.52. The van der Waals surface area contributed by atoms with Gasteiger partial charge in [-0.3, -0.25) is 9.59 Å². The van der Waals surface area contributed by atoms with E-state index in [-0.39, 0.29) is 29.2 Å². The van der Waals surface area contributed by atoms with Gasteiger partial charge < -0.3 is 10.2 Å². The molecule has 0 aromatic carbocycles. The van der Waals surface area contributed by atoms with Gasteiger partial charge in [-0.15, -0.1) is 0 Å². The van der Waals surface area contributed by atoms with Crippen molar-refractivity contribution in [1.82, 2.24) is 25.0 Å². The van der Waals surface area contributed by atoms with Gasteiger partial charge >= 0.3 is 0 Å². The van der Waals surface area contributed by atoms with Crippen molar-refractivity contribution in [2.24, 2.45) is 17.3 Å². The van der Waals surface area contributed by atoms with Crippen molar-refractivity contribution in [2.45, 2.75) is 57.5 Å². The van der Waals surface area contributed by atoms with Crippen molar-refractivity contribution < 1.29 is 9.59 Å². The fourth-order valence-electron chi connectivity index (χ4n) is 4.68. The normalized spacial score (nSPS) is 31.7. The average molecular weight is 343 g/mol. The molecule has 7 nitrogen and oxygen atoms in total. The van der Waals surface area contributed by atoms with E-state index in [4.69, 9.17) is 0 Å². The summed E-state index contributed by atoms with van der Waals surface area (Å²) in [5, 5.41) is 7.61. The Morgan fingerprint density at radius 3 is 2.64 bits per heavy atom. The van der Waals surface area contributed by atoms with Crippen LogP contribution in [-0.2, 0) is 16.1 Å². The van der Waals surface area contributed by atoms with Crippen LogP contribution < -0.4 is 5.32 Å². The van der Waals surface area contributed by atoms with E-state index >= 15 is 0 Å². The van der Waals surface area contributed by atoms with E-state index in [1.54, 1.807) is 6.33 Å². The third-order valence-corrected chi connectivity index (χ3v) is 6.72. The molecule has 5 rings (SSSR count). The number of rotatable bonds is 3. The Labute approximate surface area is 147 Å². The molecule has 0 unspecified atom stereocenters. The summed E-state index contributed by atoms with van der Waals surface area (Å²) in [7, 11) is 0. The van der Waals surface area contributed by atoms with Crippen LogP contribution in [-0.4, -0.2) is 44.6 Å². The number of aryl methyl sites for hydroxylation is 1. The van der Waals surface area contributed by atoms with Crippen molar-refractivity contribution in [2.75, 3.05) is 13.1 Å². The lowest BCUT2D eigenvalue weighted by molar-refractivity contribution is -0.132. The van der Waals surface area contributed by atoms with Crippen molar-refractivity contribution >= 4 is 11.8 Å². The molecule has 134 valence electrons. The molecule has 25 heavy (non-hydrogen) atoms. The van der Waals surface area contributed by atoms with Crippen LogP contribution in [0, 0.1) is 17.3 Å². The van der Waals surface area contributed by atoms with Crippen LogP contribution in [0.25, 0.3) is 0 Å². The van der Waals surface area contributed by atoms with Crippen LogP contribution in [0.15, 0.2) is 6.33 Å². The molecule has 3 fully saturated rings. The van der Waals surface area contributed by atoms with Gasteiger partial charge in [-0.25, -0.2) is 9.67 Å². The summed E-state index contributed by atoms with van der Waals surface area (Å²) < 4.78 is 1.92. The number of aromatic nitrogens is 3. The van der Waals surface area contributed by atoms with Crippen LogP contribution in [0.4, 0.5) is 0 Å². The molecule has 7 heteroatoms. The number of amides is 2. The number of hydrogen-bond acceptors (Lipinski definition) is 4. The number of likely N-dealkylation sites (tertiary alicyclic amines) is 1.